The van der Waals surface area contributed by atoms with Gasteiger partial charge in [-0.2, -0.15) is 40.5 Å². The predicted octanol–water partition coefficient (Wildman–Crippen LogP) is 3.90. The van der Waals surface area contributed by atoms with Crippen molar-refractivity contribution < 1.29 is 61.4 Å². The van der Waals surface area contributed by atoms with Crippen LogP contribution in [-0.2, 0) is 54.0 Å². The number of ether oxygens (including phenoxy) is 1. The van der Waals surface area contributed by atoms with Crippen LogP contribution in [0.25, 0.3) is 10.8 Å². The van der Waals surface area contributed by atoms with Crippen molar-refractivity contribution in [2.24, 2.45) is 10.2 Å². The van der Waals surface area contributed by atoms with E-state index in [0.717, 1.165) is 23.5 Å². The second-order valence-electron chi connectivity index (χ2n) is 10.7. The fourth-order valence-corrected chi connectivity index (χ4v) is 8.24. The molecule has 0 unspecified atom stereocenters. The molecule has 0 aliphatic heterocycles. The Hall–Kier alpha value is -3.66. The van der Waals surface area contributed by atoms with Crippen molar-refractivity contribution >= 4 is 86.6 Å². The summed E-state index contributed by atoms with van der Waals surface area (Å²) in [4.78, 5) is 13.1. The van der Waals surface area contributed by atoms with Crippen molar-refractivity contribution in [2.75, 3.05) is 29.6 Å². The second kappa shape index (κ2) is 20.3. The van der Waals surface area contributed by atoms with E-state index in [1.807, 2.05) is 0 Å². The molecule has 0 fully saturated rings. The molecule has 4 rings (SSSR count). The molecule has 0 amide bonds. The van der Waals surface area contributed by atoms with Gasteiger partial charge >= 0.3 is 10.6 Å². The van der Waals surface area contributed by atoms with Crippen LogP contribution in [0.3, 0.4) is 0 Å². The van der Waals surface area contributed by atoms with Gasteiger partial charge in [0.1, 0.15) is 16.5 Å². The summed E-state index contributed by atoms with van der Waals surface area (Å²) >= 11 is 2.28. The number of nitrogens with zero attached hydrogens (tertiary/aromatic N) is 5. The number of aliphatic hydroxyl groups is 1. The molecule has 1 aromatic heterocycles. The van der Waals surface area contributed by atoms with Crippen LogP contribution in [0.15, 0.2) is 74.0 Å². The Balaban J connectivity index is 0.00000186. The highest BCUT2D eigenvalue weighted by atomic mass is 32.2. The molecule has 0 saturated heterocycles. The molecule has 25 heteroatoms. The maximum atomic E-state index is 11.9. The van der Waals surface area contributed by atoms with Gasteiger partial charge < -0.3 is 9.84 Å². The number of benzene rings is 3. The van der Waals surface area contributed by atoms with Gasteiger partial charge in [-0.1, -0.05) is 41.7 Å². The molecule has 0 aliphatic carbocycles. The molecule has 0 aliphatic rings. The first-order valence-corrected chi connectivity index (χ1v) is 22.9. The van der Waals surface area contributed by atoms with Crippen LogP contribution in [0.5, 0.6) is 5.75 Å². The van der Waals surface area contributed by atoms with Gasteiger partial charge in [0.25, 0.3) is 30.4 Å². The van der Waals surface area contributed by atoms with E-state index in [1.54, 1.807) is 37.3 Å². The average molecular weight is 868 g/mol. The molecule has 0 radical (unpaired) electrons. The molecule has 0 saturated carbocycles. The first-order valence-electron chi connectivity index (χ1n) is 15.3. The quantitative estimate of drug-likeness (QED) is 0.0477. The Bertz CT molecular complexity index is 2370. The molecule has 19 nitrogen and oxygen atoms in total. The summed E-state index contributed by atoms with van der Waals surface area (Å²) in [6.45, 7) is 1.61. The van der Waals surface area contributed by atoms with Gasteiger partial charge in [0.2, 0.25) is 0 Å². The summed E-state index contributed by atoms with van der Waals surface area (Å²) < 4.78 is 127. The molecule has 1 heterocycles. The van der Waals surface area contributed by atoms with Gasteiger partial charge in [-0.3, -0.25) is 13.7 Å². The molecule has 0 atom stereocenters. The zero-order valence-electron chi connectivity index (χ0n) is 28.0. The van der Waals surface area contributed by atoms with Crippen LogP contribution in [0.4, 0.5) is 11.4 Å². The lowest BCUT2D eigenvalue weighted by Gasteiger charge is -2.14. The zero-order valence-corrected chi connectivity index (χ0v) is 32.9. The summed E-state index contributed by atoms with van der Waals surface area (Å²) in [7, 11) is -15.9. The highest BCUT2D eigenvalue weighted by Crippen LogP contribution is 2.34. The van der Waals surface area contributed by atoms with Crippen LogP contribution in [-0.4, -0.2) is 101 Å². The van der Waals surface area contributed by atoms with Gasteiger partial charge in [-0.15, -0.1) is 12.6 Å². The van der Waals surface area contributed by atoms with E-state index in [9.17, 15) is 34.9 Å². The van der Waals surface area contributed by atoms with Crippen molar-refractivity contribution in [3.8, 4) is 5.75 Å². The second-order valence-corrected chi connectivity index (χ2v) is 17.8. The zero-order chi connectivity index (χ0) is 40.1. The third-order valence-corrected chi connectivity index (χ3v) is 11.0. The number of hydrogen-bond donors (Lipinski definition) is 4. The van der Waals surface area contributed by atoms with Crippen molar-refractivity contribution in [1.29, 1.82) is 0 Å². The average Bonchev–Trinajstić information content (AvgIpc) is 3.06. The van der Waals surface area contributed by atoms with Gasteiger partial charge in [0.05, 0.1) is 36.1 Å². The van der Waals surface area contributed by atoms with Gasteiger partial charge in [0, 0.05) is 40.5 Å². The number of azo groups is 1. The Labute approximate surface area is 320 Å². The minimum atomic E-state index is -4.50. The number of rotatable bonds is 18. The van der Waals surface area contributed by atoms with E-state index in [4.69, 9.17) is 26.5 Å². The summed E-state index contributed by atoms with van der Waals surface area (Å²) in [6, 6.07) is 12.4. The lowest BCUT2D eigenvalue weighted by molar-refractivity contribution is 0.281. The summed E-state index contributed by atoms with van der Waals surface area (Å²) in [5.74, 6) is 0.335. The number of thioether (sulfide) groups is 2. The Kier molecular flexibility index (Phi) is 16.8. The van der Waals surface area contributed by atoms with E-state index < -0.39 is 59.1 Å². The minimum Gasteiger partial charge on any atom is -0.494 e. The number of aromatic nitrogens is 3. The lowest BCUT2D eigenvalue weighted by Crippen LogP contribution is -2.07. The largest absolute Gasteiger partial charge is 0.494 e. The standard InChI is InChI=1S/C29H33N5O11S5.O3S/c1-2-45-25-17-24(34-33-22-9-8-19-6-3-7-26(23(19)16-22)50(42,43)44)21(18-35)14-20(25)15-27-30-28(46-10-4-12-48(36,37)38)32-29(31-27)47-11-5-13-49(39,40)41;1-4(2)3/h3,6-9,14,16-17,35H,2,4-5,10-13,15,18H2,1H3,(H,36,37,38)(H,39,40,41)(H,42,43,44);. The van der Waals surface area contributed by atoms with Crippen LogP contribution >= 0.6 is 23.5 Å². The molecular weight excluding hydrogens is 835 g/mol. The first-order chi connectivity index (χ1) is 25.3. The summed E-state index contributed by atoms with van der Waals surface area (Å²) in [6.07, 6.45) is 0.363. The number of aliphatic hydroxyl groups excluding tert-OH is 1. The topological polar surface area (TPSA) is 307 Å². The van der Waals surface area contributed by atoms with Gasteiger partial charge in [0.15, 0.2) is 10.3 Å². The highest BCUT2D eigenvalue weighted by Gasteiger charge is 2.17. The van der Waals surface area contributed by atoms with E-state index in [1.165, 1.54) is 18.2 Å². The van der Waals surface area contributed by atoms with Crippen LogP contribution in [0, 0.1) is 0 Å². The fraction of sp³-hybridized carbons (Fsp3) is 0.345. The van der Waals surface area contributed by atoms with Crippen molar-refractivity contribution in [1.82, 2.24) is 15.0 Å². The highest BCUT2D eigenvalue weighted by molar-refractivity contribution is 7.99. The maximum Gasteiger partial charge on any atom is 0.425 e. The first kappa shape index (κ1) is 44.7. The number of fused-ring (bicyclic) bond motifs is 1. The molecule has 54 heavy (non-hydrogen) atoms. The van der Waals surface area contributed by atoms with Crippen LogP contribution < -0.4 is 4.74 Å². The van der Waals surface area contributed by atoms with Crippen LogP contribution in [0.1, 0.15) is 36.7 Å². The lowest BCUT2D eigenvalue weighted by atomic mass is 10.0. The number of hydrogen-bond acceptors (Lipinski definition) is 18. The molecule has 0 spiro atoms. The molecule has 3 aromatic carbocycles. The summed E-state index contributed by atoms with van der Waals surface area (Å²) in [5.41, 5.74) is 1.51. The Morgan fingerprint density at radius 2 is 1.37 bits per heavy atom. The van der Waals surface area contributed by atoms with E-state index in [-0.39, 0.29) is 69.3 Å². The van der Waals surface area contributed by atoms with Crippen molar-refractivity contribution in [3.63, 3.8) is 0 Å². The van der Waals surface area contributed by atoms with E-state index in [2.05, 4.69) is 25.2 Å². The third-order valence-electron chi connectivity index (χ3n) is 6.65. The van der Waals surface area contributed by atoms with Crippen molar-refractivity contribution in [2.45, 2.75) is 48.0 Å². The van der Waals surface area contributed by atoms with Crippen LogP contribution in [0.2, 0.25) is 0 Å². The fourth-order valence-electron chi connectivity index (χ4n) is 4.51. The predicted molar refractivity (Wildman–Crippen MR) is 197 cm³/mol. The SMILES string of the molecule is CCOc1cc(N=Nc2ccc3cccc(S(=O)(=O)O)c3c2)c(CO)cc1Cc1nc(SCCCS(=O)(=O)O)nc(SCCCS(=O)(=O)O)n1.O=S(=O)=O. The minimum absolute atomic E-state index is 0.0997. The smallest absolute Gasteiger partial charge is 0.425 e. The Morgan fingerprint density at radius 1 is 0.778 bits per heavy atom. The monoisotopic (exact) mass is 867 g/mol. The van der Waals surface area contributed by atoms with Gasteiger partial charge in [-0.05, 0) is 49.4 Å². The molecular formula is C29H33N5O14S6. The molecule has 294 valence electrons. The molecule has 4 N–H and O–H groups in total. The summed E-state index contributed by atoms with van der Waals surface area (Å²) in [5, 5.41) is 20.1. The van der Waals surface area contributed by atoms with E-state index >= 15 is 0 Å². The van der Waals surface area contributed by atoms with Gasteiger partial charge in [-0.25, -0.2) is 9.97 Å². The normalized spacial score (nSPS) is 12.1. The third kappa shape index (κ3) is 15.6. The maximum absolute atomic E-state index is 11.9. The Morgan fingerprint density at radius 3 is 1.89 bits per heavy atom. The van der Waals surface area contributed by atoms with Crippen molar-refractivity contribution in [3.05, 3.63) is 65.5 Å². The van der Waals surface area contributed by atoms with E-state index in [0.29, 0.717) is 28.1 Å². The molecule has 4 aromatic rings. The molecule has 0 bridgehead atoms.